The van der Waals surface area contributed by atoms with Crippen LogP contribution in [0.5, 0.6) is 5.75 Å². The number of imide groups is 1. The van der Waals surface area contributed by atoms with Crippen molar-refractivity contribution in [2.75, 3.05) is 6.54 Å². The summed E-state index contributed by atoms with van der Waals surface area (Å²) in [5, 5.41) is 20.3. The molecule has 1 aliphatic heterocycles. The van der Waals surface area contributed by atoms with Crippen LogP contribution < -0.4 is 0 Å². The maximum atomic E-state index is 15.2. The Bertz CT molecular complexity index is 1920. The number of halogens is 1. The molecule has 2 fully saturated rings. The first-order valence-electron chi connectivity index (χ1n) is 16.8. The molecule has 9 heteroatoms. The summed E-state index contributed by atoms with van der Waals surface area (Å²) in [6, 6.07) is 22.0. The molecule has 49 heavy (non-hydrogen) atoms. The number of phenols is 1. The zero-order valence-electron chi connectivity index (χ0n) is 26.8. The molecule has 4 aliphatic rings. The molecule has 2 N–H and O–H groups in total. The van der Waals surface area contributed by atoms with Gasteiger partial charge in [-0.05, 0) is 54.9 Å². The van der Waals surface area contributed by atoms with Crippen molar-refractivity contribution in [2.45, 2.75) is 49.9 Å². The number of allylic oxidation sites excluding steroid dienone is 4. The second-order valence-corrected chi connectivity index (χ2v) is 13.5. The minimum Gasteiger partial charge on any atom is -0.505 e. The van der Waals surface area contributed by atoms with Crippen LogP contribution in [0.4, 0.5) is 4.39 Å². The Kier molecular flexibility index (Phi) is 8.38. The second kappa shape index (κ2) is 12.7. The largest absolute Gasteiger partial charge is 0.505 e. The van der Waals surface area contributed by atoms with Crippen molar-refractivity contribution in [3.8, 4) is 5.75 Å². The Morgan fingerprint density at radius 3 is 2.29 bits per heavy atom. The zero-order valence-corrected chi connectivity index (χ0v) is 26.8. The standard InChI is InChI=1S/C40H36FNO7/c41-31-16-10-15-27(37(31)47)35-25-18-19-26-34(39(49)42(38(26)48)20-9-3-8-17-33(44)45)29(25)21-30-36(46)28(23-11-4-1-5-12-23)22-32(43)40(30,35)24-13-6-2-7-14-24/h1-2,4-7,10-16,18,22,26,29-30,34-35,47H,3,8-9,17,19-21H2,(H,44,45)/t26-,29+,30-,34-,35+,40-/m0/s1. The van der Waals surface area contributed by atoms with Gasteiger partial charge in [0.05, 0.1) is 17.3 Å². The molecule has 250 valence electrons. The highest BCUT2D eigenvalue weighted by Crippen LogP contribution is 2.64. The van der Waals surface area contributed by atoms with E-state index in [1.807, 2.05) is 12.1 Å². The summed E-state index contributed by atoms with van der Waals surface area (Å²) in [4.78, 5) is 69.9. The second-order valence-electron chi connectivity index (χ2n) is 13.5. The van der Waals surface area contributed by atoms with Gasteiger partial charge in [-0.15, -0.1) is 0 Å². The van der Waals surface area contributed by atoms with Gasteiger partial charge in [0.2, 0.25) is 11.8 Å². The molecule has 0 aromatic heterocycles. The molecule has 6 atom stereocenters. The highest BCUT2D eigenvalue weighted by Gasteiger charge is 2.66. The molecule has 8 nitrogen and oxygen atoms in total. The number of para-hydroxylation sites is 1. The van der Waals surface area contributed by atoms with Gasteiger partial charge >= 0.3 is 5.97 Å². The molecule has 1 saturated carbocycles. The van der Waals surface area contributed by atoms with Crippen molar-refractivity contribution in [3.63, 3.8) is 0 Å². The van der Waals surface area contributed by atoms with Crippen LogP contribution in [0.25, 0.3) is 5.57 Å². The van der Waals surface area contributed by atoms with Gasteiger partial charge in [-0.1, -0.05) is 90.9 Å². The number of benzene rings is 3. The van der Waals surface area contributed by atoms with E-state index < -0.39 is 52.5 Å². The monoisotopic (exact) mass is 661 g/mol. The lowest BCUT2D eigenvalue weighted by Gasteiger charge is -2.55. The number of rotatable bonds is 9. The zero-order chi connectivity index (χ0) is 34.4. The van der Waals surface area contributed by atoms with Crippen LogP contribution in [0.1, 0.15) is 61.1 Å². The number of carbonyl (C=O) groups is 5. The third kappa shape index (κ3) is 5.14. The van der Waals surface area contributed by atoms with Gasteiger partial charge in [0.1, 0.15) is 0 Å². The fourth-order valence-electron chi connectivity index (χ4n) is 8.99. The maximum absolute atomic E-state index is 15.2. The average molecular weight is 662 g/mol. The minimum atomic E-state index is -1.56. The molecule has 3 aromatic carbocycles. The Morgan fingerprint density at radius 1 is 0.857 bits per heavy atom. The topological polar surface area (TPSA) is 129 Å². The molecule has 3 aromatic rings. The molecule has 7 rings (SSSR count). The number of carbonyl (C=O) groups excluding carboxylic acids is 4. The average Bonchev–Trinajstić information content (AvgIpc) is 3.35. The lowest BCUT2D eigenvalue weighted by atomic mass is 9.44. The summed E-state index contributed by atoms with van der Waals surface area (Å²) in [6.07, 6.45) is 5.02. The van der Waals surface area contributed by atoms with Crippen LogP contribution in [0.2, 0.25) is 0 Å². The molecule has 2 amide bonds. The number of ketones is 2. The van der Waals surface area contributed by atoms with Gasteiger partial charge in [0.25, 0.3) is 0 Å². The number of hydrogen-bond acceptors (Lipinski definition) is 6. The third-order valence-corrected chi connectivity index (χ3v) is 11.1. The Hall–Kier alpha value is -5.18. The van der Waals surface area contributed by atoms with Gasteiger partial charge in [-0.25, -0.2) is 4.39 Å². The van der Waals surface area contributed by atoms with Gasteiger partial charge < -0.3 is 10.2 Å². The lowest BCUT2D eigenvalue weighted by molar-refractivity contribution is -0.141. The summed E-state index contributed by atoms with van der Waals surface area (Å²) >= 11 is 0. The number of hydrogen-bond donors (Lipinski definition) is 2. The summed E-state index contributed by atoms with van der Waals surface area (Å²) in [5.74, 6) is -7.79. The summed E-state index contributed by atoms with van der Waals surface area (Å²) < 4.78 is 15.2. The number of Topliss-reactive ketones (excluding diaryl/α,β-unsaturated/α-hetero) is 1. The predicted octanol–water partition coefficient (Wildman–Crippen LogP) is 6.00. The number of carboxylic acid groups (broad SMARTS) is 1. The van der Waals surface area contributed by atoms with Crippen molar-refractivity contribution in [2.24, 2.45) is 23.7 Å². The number of nitrogens with zero attached hydrogens (tertiary/aromatic N) is 1. The summed E-state index contributed by atoms with van der Waals surface area (Å²) in [7, 11) is 0. The maximum Gasteiger partial charge on any atom is 0.303 e. The van der Waals surface area contributed by atoms with E-state index in [0.717, 1.165) is 6.07 Å². The predicted molar refractivity (Wildman–Crippen MR) is 177 cm³/mol. The Labute approximate surface area is 282 Å². The quantitative estimate of drug-likeness (QED) is 0.164. The summed E-state index contributed by atoms with van der Waals surface area (Å²) in [6.45, 7) is 0.163. The van der Waals surface area contributed by atoms with E-state index in [4.69, 9.17) is 5.11 Å². The minimum absolute atomic E-state index is 0.00747. The van der Waals surface area contributed by atoms with Crippen molar-refractivity contribution in [1.82, 2.24) is 4.90 Å². The molecule has 3 aliphatic carbocycles. The lowest BCUT2D eigenvalue weighted by Crippen LogP contribution is -2.58. The number of fused-ring (bicyclic) bond motifs is 4. The van der Waals surface area contributed by atoms with Crippen molar-refractivity contribution in [3.05, 3.63) is 119 Å². The van der Waals surface area contributed by atoms with Gasteiger partial charge in [0.15, 0.2) is 23.1 Å². The third-order valence-electron chi connectivity index (χ3n) is 11.1. The van der Waals surface area contributed by atoms with Crippen LogP contribution in [0.3, 0.4) is 0 Å². The first-order valence-corrected chi connectivity index (χ1v) is 16.8. The number of amides is 2. The number of unbranched alkanes of at least 4 members (excludes halogenated alkanes) is 2. The van der Waals surface area contributed by atoms with Gasteiger partial charge in [-0.3, -0.25) is 28.9 Å². The molecule has 0 unspecified atom stereocenters. The highest BCUT2D eigenvalue weighted by molar-refractivity contribution is 6.31. The molecular weight excluding hydrogens is 625 g/mol. The van der Waals surface area contributed by atoms with E-state index in [0.29, 0.717) is 36.0 Å². The van der Waals surface area contributed by atoms with E-state index in [2.05, 4.69) is 0 Å². The number of aromatic hydroxyl groups is 1. The van der Waals surface area contributed by atoms with Crippen LogP contribution in [-0.2, 0) is 29.4 Å². The Balaban J connectivity index is 1.38. The highest BCUT2D eigenvalue weighted by atomic mass is 19.1. The van der Waals surface area contributed by atoms with E-state index >= 15 is 4.39 Å². The molecular formula is C40H36FNO7. The van der Waals surface area contributed by atoms with Crippen LogP contribution in [0.15, 0.2) is 96.6 Å². The number of aliphatic carboxylic acids is 1. The fourth-order valence-corrected chi connectivity index (χ4v) is 8.99. The van der Waals surface area contributed by atoms with Crippen molar-refractivity contribution >= 4 is 34.9 Å². The summed E-state index contributed by atoms with van der Waals surface area (Å²) in [5.41, 5.74) is 0.607. The van der Waals surface area contributed by atoms with Crippen molar-refractivity contribution < 1.29 is 38.6 Å². The molecule has 0 radical (unpaired) electrons. The molecule has 0 spiro atoms. The van der Waals surface area contributed by atoms with E-state index in [1.54, 1.807) is 60.7 Å². The molecule has 1 saturated heterocycles. The van der Waals surface area contributed by atoms with Crippen LogP contribution in [-0.4, -0.2) is 51.0 Å². The molecule has 1 heterocycles. The number of phenolic OH excluding ortho intramolecular Hbond substituents is 1. The van der Waals surface area contributed by atoms with Crippen molar-refractivity contribution in [1.29, 1.82) is 0 Å². The first kappa shape index (κ1) is 32.4. The SMILES string of the molecule is O=C(O)CCCCCN1C(=O)[C@H]2[C@H](CC=C3[C@H]2C[C@H]2C(=O)C(c4ccccc4)=CC(=O)[C@@]2(c2ccccc2)[C@H]3c2cccc(F)c2O)C1=O. The van der Waals surface area contributed by atoms with E-state index in [1.165, 1.54) is 17.0 Å². The van der Waals surface area contributed by atoms with Gasteiger partial charge in [0, 0.05) is 35.9 Å². The molecule has 0 bridgehead atoms. The fraction of sp³-hybridized carbons (Fsp3) is 0.325. The van der Waals surface area contributed by atoms with Gasteiger partial charge in [-0.2, -0.15) is 0 Å². The van der Waals surface area contributed by atoms with E-state index in [-0.39, 0.29) is 60.3 Å². The van der Waals surface area contributed by atoms with E-state index in [9.17, 15) is 29.1 Å². The number of likely N-dealkylation sites (tertiary alicyclic amines) is 1. The number of carboxylic acids is 1. The first-order chi connectivity index (χ1) is 23.7. The van der Waals surface area contributed by atoms with Crippen LogP contribution in [0, 0.1) is 29.5 Å². The smallest absolute Gasteiger partial charge is 0.303 e. The van der Waals surface area contributed by atoms with Crippen LogP contribution >= 0.6 is 0 Å². The Morgan fingerprint density at radius 2 is 1.57 bits per heavy atom. The normalized spacial score (nSPS) is 27.6.